The summed E-state index contributed by atoms with van der Waals surface area (Å²) in [4.78, 5) is 0. The van der Waals surface area contributed by atoms with Crippen LogP contribution in [0.25, 0.3) is 0 Å². The average molecular weight is 167 g/mol. The molecule has 1 spiro atoms. The number of ether oxygens (including phenoxy) is 1. The van der Waals surface area contributed by atoms with Crippen LogP contribution in [-0.2, 0) is 4.74 Å². The zero-order chi connectivity index (χ0) is 8.02. The van der Waals surface area contributed by atoms with Crippen molar-refractivity contribution >= 4 is 0 Å². The summed E-state index contributed by atoms with van der Waals surface area (Å²) in [6, 6.07) is 0.806. The Kier molecular flexibility index (Phi) is 1.50. The van der Waals surface area contributed by atoms with Crippen LogP contribution in [0, 0.1) is 11.3 Å². The lowest BCUT2D eigenvalue weighted by atomic mass is 9.79. The van der Waals surface area contributed by atoms with Crippen LogP contribution in [0.2, 0.25) is 0 Å². The van der Waals surface area contributed by atoms with Crippen LogP contribution in [0.4, 0.5) is 0 Å². The van der Waals surface area contributed by atoms with Crippen molar-refractivity contribution in [1.29, 1.82) is 0 Å². The first-order valence-electron chi connectivity index (χ1n) is 5.22. The number of hydrogen-bond acceptors (Lipinski definition) is 2. The van der Waals surface area contributed by atoms with Gasteiger partial charge in [-0.25, -0.2) is 0 Å². The smallest absolute Gasteiger partial charge is 0.0537 e. The van der Waals surface area contributed by atoms with Gasteiger partial charge in [-0.3, -0.25) is 0 Å². The second kappa shape index (κ2) is 2.46. The molecule has 0 amide bonds. The Morgan fingerprint density at radius 1 is 1.33 bits per heavy atom. The highest BCUT2D eigenvalue weighted by Gasteiger charge is 2.54. The minimum atomic E-state index is 0.587. The van der Waals surface area contributed by atoms with Gasteiger partial charge in [0.2, 0.25) is 0 Å². The number of nitrogens with one attached hydrogen (secondary N) is 1. The molecule has 2 unspecified atom stereocenters. The summed E-state index contributed by atoms with van der Waals surface area (Å²) in [5, 5.41) is 3.69. The molecule has 1 aliphatic carbocycles. The van der Waals surface area contributed by atoms with Crippen LogP contribution in [0.1, 0.15) is 25.7 Å². The van der Waals surface area contributed by atoms with Gasteiger partial charge < -0.3 is 10.1 Å². The first-order chi connectivity index (χ1) is 5.91. The zero-order valence-electron chi connectivity index (χ0n) is 7.51. The molecule has 2 aliphatic heterocycles. The summed E-state index contributed by atoms with van der Waals surface area (Å²) in [7, 11) is 0. The van der Waals surface area contributed by atoms with Crippen molar-refractivity contribution in [2.75, 3.05) is 19.8 Å². The zero-order valence-corrected chi connectivity index (χ0v) is 7.51. The predicted octanol–water partition coefficient (Wildman–Crippen LogP) is 1.17. The Balaban J connectivity index is 1.80. The summed E-state index contributed by atoms with van der Waals surface area (Å²) in [6.07, 6.45) is 5.54. The SMILES string of the molecule is C1CNC2C(C1)COCC21CC1. The Bertz CT molecular complexity index is 186. The van der Waals surface area contributed by atoms with E-state index < -0.39 is 0 Å². The molecule has 3 fully saturated rings. The van der Waals surface area contributed by atoms with Gasteiger partial charge in [0.05, 0.1) is 13.2 Å². The molecule has 0 aromatic carbocycles. The molecular weight excluding hydrogens is 150 g/mol. The fraction of sp³-hybridized carbons (Fsp3) is 1.00. The third-order valence-electron chi connectivity index (χ3n) is 3.86. The molecule has 0 aromatic rings. The molecule has 0 bridgehead atoms. The molecule has 2 nitrogen and oxygen atoms in total. The van der Waals surface area contributed by atoms with Gasteiger partial charge in [-0.1, -0.05) is 0 Å². The van der Waals surface area contributed by atoms with Crippen LogP contribution >= 0.6 is 0 Å². The van der Waals surface area contributed by atoms with Crippen molar-refractivity contribution in [3.8, 4) is 0 Å². The van der Waals surface area contributed by atoms with Gasteiger partial charge in [-0.15, -0.1) is 0 Å². The highest BCUT2D eigenvalue weighted by Crippen LogP contribution is 2.54. The Labute approximate surface area is 73.7 Å². The molecular formula is C10H17NO. The normalized spacial score (nSPS) is 44.0. The first kappa shape index (κ1) is 7.34. The summed E-state index contributed by atoms with van der Waals surface area (Å²) < 4.78 is 5.68. The van der Waals surface area contributed by atoms with E-state index in [0.717, 1.165) is 25.2 Å². The maximum Gasteiger partial charge on any atom is 0.0537 e. The highest BCUT2D eigenvalue weighted by molar-refractivity contribution is 5.07. The molecule has 3 aliphatic rings. The molecule has 68 valence electrons. The van der Waals surface area contributed by atoms with E-state index in [1.54, 1.807) is 0 Å². The van der Waals surface area contributed by atoms with E-state index in [0.29, 0.717) is 5.41 Å². The van der Waals surface area contributed by atoms with Gasteiger partial charge in [-0.2, -0.15) is 0 Å². The van der Waals surface area contributed by atoms with Crippen LogP contribution in [-0.4, -0.2) is 25.8 Å². The molecule has 0 radical (unpaired) electrons. The van der Waals surface area contributed by atoms with E-state index in [4.69, 9.17) is 4.74 Å². The van der Waals surface area contributed by atoms with Crippen LogP contribution < -0.4 is 5.32 Å². The Hall–Kier alpha value is -0.0800. The van der Waals surface area contributed by atoms with E-state index in [1.165, 1.54) is 32.2 Å². The summed E-state index contributed by atoms with van der Waals surface area (Å²) in [5.74, 6) is 0.829. The van der Waals surface area contributed by atoms with Gasteiger partial charge in [0.25, 0.3) is 0 Å². The van der Waals surface area contributed by atoms with Gasteiger partial charge in [0.1, 0.15) is 0 Å². The first-order valence-corrected chi connectivity index (χ1v) is 5.22. The third-order valence-corrected chi connectivity index (χ3v) is 3.86. The van der Waals surface area contributed by atoms with Gasteiger partial charge >= 0.3 is 0 Å². The molecule has 3 rings (SSSR count). The lowest BCUT2D eigenvalue weighted by Gasteiger charge is -2.42. The van der Waals surface area contributed by atoms with Crippen molar-refractivity contribution in [2.45, 2.75) is 31.7 Å². The molecule has 1 N–H and O–H groups in total. The van der Waals surface area contributed by atoms with Crippen LogP contribution in [0.3, 0.4) is 0 Å². The van der Waals surface area contributed by atoms with Crippen molar-refractivity contribution in [2.24, 2.45) is 11.3 Å². The molecule has 1 saturated carbocycles. The van der Waals surface area contributed by atoms with Crippen molar-refractivity contribution in [3.05, 3.63) is 0 Å². The minimum Gasteiger partial charge on any atom is -0.380 e. The monoisotopic (exact) mass is 167 g/mol. The molecule has 2 saturated heterocycles. The predicted molar refractivity (Wildman–Crippen MR) is 47.0 cm³/mol. The van der Waals surface area contributed by atoms with Crippen molar-refractivity contribution < 1.29 is 4.74 Å². The van der Waals surface area contributed by atoms with Crippen molar-refractivity contribution in [1.82, 2.24) is 5.32 Å². The maximum absolute atomic E-state index is 5.68. The van der Waals surface area contributed by atoms with E-state index in [9.17, 15) is 0 Å². The summed E-state index contributed by atoms with van der Waals surface area (Å²) in [6.45, 7) is 3.28. The number of piperidine rings is 1. The Morgan fingerprint density at radius 3 is 3.08 bits per heavy atom. The second-order valence-corrected chi connectivity index (χ2v) is 4.71. The number of fused-ring (bicyclic) bond motifs is 2. The summed E-state index contributed by atoms with van der Waals surface area (Å²) in [5.41, 5.74) is 0.587. The largest absolute Gasteiger partial charge is 0.380 e. The summed E-state index contributed by atoms with van der Waals surface area (Å²) >= 11 is 0. The maximum atomic E-state index is 5.68. The van der Waals surface area contributed by atoms with E-state index >= 15 is 0 Å². The van der Waals surface area contributed by atoms with Crippen molar-refractivity contribution in [3.63, 3.8) is 0 Å². The lowest BCUT2D eigenvalue weighted by Crippen LogP contribution is -2.53. The van der Waals surface area contributed by atoms with Gasteiger partial charge in [-0.05, 0) is 38.1 Å². The highest BCUT2D eigenvalue weighted by atomic mass is 16.5. The van der Waals surface area contributed by atoms with Gasteiger partial charge in [0.15, 0.2) is 0 Å². The standard InChI is InChI=1S/C10H17NO/c1-2-8-6-12-7-10(3-4-10)9(8)11-5-1/h8-9,11H,1-7H2. The molecule has 2 atom stereocenters. The van der Waals surface area contributed by atoms with Crippen LogP contribution in [0.15, 0.2) is 0 Å². The lowest BCUT2D eigenvalue weighted by molar-refractivity contribution is -0.0347. The molecule has 2 heterocycles. The Morgan fingerprint density at radius 2 is 2.25 bits per heavy atom. The topological polar surface area (TPSA) is 21.3 Å². The second-order valence-electron chi connectivity index (χ2n) is 4.71. The van der Waals surface area contributed by atoms with E-state index in [-0.39, 0.29) is 0 Å². The fourth-order valence-corrected chi connectivity index (χ4v) is 2.97. The number of hydrogen-bond donors (Lipinski definition) is 1. The fourth-order valence-electron chi connectivity index (χ4n) is 2.97. The molecule has 12 heavy (non-hydrogen) atoms. The molecule has 0 aromatic heterocycles. The molecule has 2 heteroatoms. The van der Waals surface area contributed by atoms with Crippen LogP contribution in [0.5, 0.6) is 0 Å². The third kappa shape index (κ3) is 0.944. The van der Waals surface area contributed by atoms with E-state index in [2.05, 4.69) is 5.32 Å². The quantitative estimate of drug-likeness (QED) is 0.584. The van der Waals surface area contributed by atoms with E-state index in [1.807, 2.05) is 0 Å². The minimum absolute atomic E-state index is 0.587. The average Bonchev–Trinajstić information content (AvgIpc) is 2.87. The number of rotatable bonds is 0. The van der Waals surface area contributed by atoms with Gasteiger partial charge in [0, 0.05) is 11.5 Å².